The number of hydrogen-bond donors (Lipinski definition) is 1. The summed E-state index contributed by atoms with van der Waals surface area (Å²) in [4.78, 5) is 22.4. The summed E-state index contributed by atoms with van der Waals surface area (Å²) < 4.78 is 2.49. The number of aryl methyl sites for hydroxylation is 2. The van der Waals surface area contributed by atoms with Crippen LogP contribution >= 0.6 is 50.4 Å². The number of rotatable bonds is 6. The Kier molecular flexibility index (Phi) is 6.34. The van der Waals surface area contributed by atoms with E-state index in [0.717, 1.165) is 11.3 Å². The lowest BCUT2D eigenvalue weighted by molar-refractivity contribution is -0.118. The van der Waals surface area contributed by atoms with E-state index in [1.807, 2.05) is 36.4 Å². The van der Waals surface area contributed by atoms with Crippen molar-refractivity contribution in [1.82, 2.24) is 15.3 Å². The molecule has 0 radical (unpaired) electrons. The van der Waals surface area contributed by atoms with E-state index in [0.29, 0.717) is 17.5 Å². The maximum absolute atomic E-state index is 12.2. The van der Waals surface area contributed by atoms with Crippen molar-refractivity contribution < 1.29 is 4.79 Å². The van der Waals surface area contributed by atoms with Crippen LogP contribution in [0.3, 0.4) is 0 Å². The maximum Gasteiger partial charge on any atom is 0.230 e. The van der Waals surface area contributed by atoms with Gasteiger partial charge in [0.2, 0.25) is 5.91 Å². The lowest BCUT2D eigenvalue weighted by atomic mass is 10.1. The minimum Gasteiger partial charge on any atom is -0.351 e. The number of halogens is 1. The summed E-state index contributed by atoms with van der Waals surface area (Å²) in [6, 6.07) is 11.8. The van der Waals surface area contributed by atoms with Gasteiger partial charge in [0.05, 0.1) is 24.1 Å². The van der Waals surface area contributed by atoms with Crippen LogP contribution in [0.1, 0.15) is 16.7 Å². The van der Waals surface area contributed by atoms with Crippen molar-refractivity contribution in [3.63, 3.8) is 0 Å². The summed E-state index contributed by atoms with van der Waals surface area (Å²) in [7, 11) is 0. The van der Waals surface area contributed by atoms with Crippen LogP contribution in [0.15, 0.2) is 51.5 Å². The van der Waals surface area contributed by atoms with Crippen LogP contribution in [0.5, 0.6) is 0 Å². The fourth-order valence-corrected chi connectivity index (χ4v) is 7.23. The van der Waals surface area contributed by atoms with Gasteiger partial charge in [-0.05, 0) is 52.5 Å². The van der Waals surface area contributed by atoms with Gasteiger partial charge in [0.1, 0.15) is 0 Å². The third-order valence-electron chi connectivity index (χ3n) is 4.50. The van der Waals surface area contributed by atoms with Gasteiger partial charge in [0, 0.05) is 18.1 Å². The molecule has 0 aliphatic carbocycles. The molecule has 1 amide bonds. The molecule has 148 valence electrons. The first-order chi connectivity index (χ1) is 14.0. The summed E-state index contributed by atoms with van der Waals surface area (Å²) in [5.41, 5.74) is 4.52. The molecule has 4 nitrogen and oxygen atoms in total. The van der Waals surface area contributed by atoms with Crippen LogP contribution in [0.2, 0.25) is 0 Å². The van der Waals surface area contributed by atoms with Gasteiger partial charge in [0.25, 0.3) is 0 Å². The molecular formula is C21H18BrN3OS3. The first kappa shape index (κ1) is 20.5. The highest BCUT2D eigenvalue weighted by Crippen LogP contribution is 2.46. The van der Waals surface area contributed by atoms with Gasteiger partial charge in [-0.25, -0.2) is 9.97 Å². The van der Waals surface area contributed by atoms with E-state index in [1.54, 1.807) is 28.9 Å². The van der Waals surface area contributed by atoms with E-state index < -0.39 is 0 Å². The zero-order valence-electron chi connectivity index (χ0n) is 15.9. The number of amides is 1. The highest BCUT2D eigenvalue weighted by molar-refractivity contribution is 9.11. The summed E-state index contributed by atoms with van der Waals surface area (Å²) >= 11 is 8.52. The van der Waals surface area contributed by atoms with Crippen LogP contribution in [0, 0.1) is 13.8 Å². The van der Waals surface area contributed by atoms with Crippen molar-refractivity contribution in [3.8, 4) is 10.6 Å². The van der Waals surface area contributed by atoms with Gasteiger partial charge in [-0.2, -0.15) is 0 Å². The molecule has 0 spiro atoms. The second-order valence-electron chi connectivity index (χ2n) is 6.49. The van der Waals surface area contributed by atoms with Gasteiger partial charge in [-0.3, -0.25) is 4.79 Å². The van der Waals surface area contributed by atoms with E-state index in [9.17, 15) is 4.79 Å². The minimum absolute atomic E-state index is 0.0267. The minimum atomic E-state index is -0.0267. The monoisotopic (exact) mass is 503 g/mol. The van der Waals surface area contributed by atoms with E-state index in [4.69, 9.17) is 4.98 Å². The molecule has 3 heterocycles. The molecule has 29 heavy (non-hydrogen) atoms. The summed E-state index contributed by atoms with van der Waals surface area (Å²) in [5.74, 6) is 0.266. The Labute approximate surface area is 189 Å². The number of benzene rings is 1. The summed E-state index contributed by atoms with van der Waals surface area (Å²) in [5, 5.41) is 4.87. The number of nitrogens with zero attached hydrogens (tertiary/aromatic N) is 2. The highest BCUT2D eigenvalue weighted by Gasteiger charge is 2.18. The molecule has 0 saturated carbocycles. The number of thioether (sulfide) groups is 1. The van der Waals surface area contributed by atoms with Crippen molar-refractivity contribution in [1.29, 1.82) is 0 Å². The predicted octanol–water partition coefficient (Wildman–Crippen LogP) is 6.21. The van der Waals surface area contributed by atoms with E-state index >= 15 is 0 Å². The van der Waals surface area contributed by atoms with Crippen molar-refractivity contribution in [2.45, 2.75) is 25.5 Å². The molecule has 4 aromatic rings. The third-order valence-corrected chi connectivity index (χ3v) is 8.92. The molecule has 0 atom stereocenters. The lowest BCUT2D eigenvalue weighted by Crippen LogP contribution is -2.24. The van der Waals surface area contributed by atoms with Crippen LogP contribution in [0.4, 0.5) is 0 Å². The van der Waals surface area contributed by atoms with E-state index in [2.05, 4.69) is 40.1 Å². The van der Waals surface area contributed by atoms with Gasteiger partial charge in [-0.1, -0.05) is 42.1 Å². The predicted molar refractivity (Wildman–Crippen MR) is 127 cm³/mol. The Balaban J connectivity index is 1.44. The molecule has 0 bridgehead atoms. The Hall–Kier alpha value is -1.74. The molecule has 0 unspecified atom stereocenters. The lowest BCUT2D eigenvalue weighted by Gasteiger charge is -2.06. The Morgan fingerprint density at radius 2 is 1.93 bits per heavy atom. The van der Waals surface area contributed by atoms with Gasteiger partial charge >= 0.3 is 0 Å². The molecule has 1 aromatic carbocycles. The smallest absolute Gasteiger partial charge is 0.230 e. The number of carbonyl (C=O) groups excluding carboxylic acids is 1. The van der Waals surface area contributed by atoms with E-state index in [1.165, 1.54) is 41.0 Å². The average molecular weight is 505 g/mol. The fraction of sp³-hybridized carbons (Fsp3) is 0.190. The Bertz CT molecular complexity index is 1170. The molecular weight excluding hydrogens is 486 g/mol. The summed E-state index contributed by atoms with van der Waals surface area (Å²) in [6.45, 7) is 4.81. The normalized spacial score (nSPS) is 11.1. The van der Waals surface area contributed by atoms with Crippen LogP contribution < -0.4 is 5.32 Å². The molecule has 4 rings (SSSR count). The Morgan fingerprint density at radius 1 is 1.14 bits per heavy atom. The molecule has 3 aromatic heterocycles. The first-order valence-corrected chi connectivity index (χ1v) is 12.4. The molecule has 0 fully saturated rings. The Morgan fingerprint density at radius 3 is 2.69 bits per heavy atom. The van der Waals surface area contributed by atoms with Crippen molar-refractivity contribution in [3.05, 3.63) is 63.1 Å². The number of nitrogens with one attached hydrogen (secondary N) is 1. The first-order valence-electron chi connectivity index (χ1n) is 8.97. The fourth-order valence-electron chi connectivity index (χ4n) is 3.01. The maximum atomic E-state index is 12.2. The highest BCUT2D eigenvalue weighted by atomic mass is 79.9. The van der Waals surface area contributed by atoms with Crippen molar-refractivity contribution >= 4 is 65.7 Å². The molecule has 1 N–H and O–H groups in total. The molecule has 0 aliphatic rings. The standard InChI is InChI=1S/C21H18BrN3OS3/c1-12-17-13(2)19(22)29-20(17)28-18(12)15-8-9-23-21(25-15)27-11-16(26)24-10-14-6-4-3-5-7-14/h3-9H,10-11H2,1-2H3,(H,24,26). The van der Waals surface area contributed by atoms with Crippen molar-refractivity contribution in [2.75, 3.05) is 5.75 Å². The number of thiophene rings is 2. The number of aromatic nitrogens is 2. The van der Waals surface area contributed by atoms with Crippen LogP contribution in [-0.4, -0.2) is 21.6 Å². The average Bonchev–Trinajstić information content (AvgIpc) is 3.21. The largest absolute Gasteiger partial charge is 0.351 e. The van der Waals surface area contributed by atoms with Gasteiger partial charge in [-0.15, -0.1) is 22.7 Å². The zero-order chi connectivity index (χ0) is 20.4. The van der Waals surface area contributed by atoms with E-state index in [-0.39, 0.29) is 5.91 Å². The third kappa shape index (κ3) is 4.55. The number of hydrogen-bond acceptors (Lipinski definition) is 6. The molecule has 0 saturated heterocycles. The zero-order valence-corrected chi connectivity index (χ0v) is 19.9. The quantitative estimate of drug-likeness (QED) is 0.251. The molecule has 8 heteroatoms. The molecule has 0 aliphatic heterocycles. The summed E-state index contributed by atoms with van der Waals surface area (Å²) in [6.07, 6.45) is 1.77. The van der Waals surface area contributed by atoms with Gasteiger partial charge in [0.15, 0.2) is 5.16 Å². The van der Waals surface area contributed by atoms with Crippen molar-refractivity contribution in [2.24, 2.45) is 0 Å². The topological polar surface area (TPSA) is 54.9 Å². The SMILES string of the molecule is Cc1c(Br)sc2sc(-c3ccnc(SCC(=O)NCc4ccccc4)n3)c(C)c12. The van der Waals surface area contributed by atoms with Gasteiger partial charge < -0.3 is 5.32 Å². The number of fused-ring (bicyclic) bond motifs is 1. The van der Waals surface area contributed by atoms with Crippen LogP contribution in [-0.2, 0) is 11.3 Å². The second-order valence-corrected chi connectivity index (χ2v) is 11.1. The second kappa shape index (κ2) is 8.95. The number of carbonyl (C=O) groups is 1. The van der Waals surface area contributed by atoms with Crippen LogP contribution in [0.25, 0.3) is 20.0 Å².